The molecule has 0 atom stereocenters. The molecule has 0 unspecified atom stereocenters. The van der Waals surface area contributed by atoms with Gasteiger partial charge in [-0.2, -0.15) is 0 Å². The molecule has 2 rings (SSSR count). The maximum Gasteiger partial charge on any atom is 0.214 e. The Morgan fingerprint density at radius 3 is 2.44 bits per heavy atom. The minimum Gasteiger partial charge on any atom is -0.261 e. The highest BCUT2D eigenvalue weighted by Crippen LogP contribution is 2.21. The predicted molar refractivity (Wildman–Crippen MR) is 74.4 cm³/mol. The highest BCUT2D eigenvalue weighted by Gasteiger charge is 2.14. The van der Waals surface area contributed by atoms with Crippen LogP contribution in [0.15, 0.2) is 30.6 Å². The summed E-state index contributed by atoms with van der Waals surface area (Å²) in [4.78, 5) is 4.40. The zero-order chi connectivity index (χ0) is 13.3. The van der Waals surface area contributed by atoms with Crippen molar-refractivity contribution in [2.24, 2.45) is 7.05 Å². The Balaban J connectivity index is 2.51. The van der Waals surface area contributed by atoms with Gasteiger partial charge >= 0.3 is 0 Å². The number of aromatic nitrogens is 2. The second-order valence-corrected chi connectivity index (χ2v) is 5.25. The van der Waals surface area contributed by atoms with Crippen LogP contribution in [0.4, 0.5) is 0 Å². The topological polar surface area (TPSA) is 16.8 Å². The maximum atomic E-state index is 4.40. The first-order valence-electron chi connectivity index (χ1n) is 6.42. The first kappa shape index (κ1) is 12.7. The molecular formula is C16H21N2+. The average Bonchev–Trinajstić information content (AvgIpc) is 2.30. The molecule has 2 aromatic rings. The number of pyridine rings is 2. The lowest BCUT2D eigenvalue weighted by molar-refractivity contribution is -0.660. The van der Waals surface area contributed by atoms with Crippen molar-refractivity contribution in [1.82, 2.24) is 4.98 Å². The van der Waals surface area contributed by atoms with E-state index in [9.17, 15) is 0 Å². The van der Waals surface area contributed by atoms with E-state index in [-0.39, 0.29) is 0 Å². The summed E-state index contributed by atoms with van der Waals surface area (Å²) >= 11 is 0. The van der Waals surface area contributed by atoms with E-state index in [0.29, 0.717) is 5.92 Å². The molecule has 2 aromatic heterocycles. The Morgan fingerprint density at radius 1 is 1.17 bits per heavy atom. The molecule has 2 nitrogen and oxygen atoms in total. The van der Waals surface area contributed by atoms with Gasteiger partial charge in [-0.3, -0.25) is 4.98 Å². The first-order chi connectivity index (χ1) is 8.49. The molecule has 94 valence electrons. The van der Waals surface area contributed by atoms with Gasteiger partial charge in [0, 0.05) is 23.5 Å². The zero-order valence-electron chi connectivity index (χ0n) is 11.9. The van der Waals surface area contributed by atoms with Crippen LogP contribution in [0.1, 0.15) is 36.6 Å². The fourth-order valence-electron chi connectivity index (χ4n) is 2.21. The molecule has 0 aliphatic carbocycles. The fourth-order valence-corrected chi connectivity index (χ4v) is 2.21. The molecule has 18 heavy (non-hydrogen) atoms. The van der Waals surface area contributed by atoms with Gasteiger partial charge in [-0.05, 0) is 37.5 Å². The van der Waals surface area contributed by atoms with Crippen molar-refractivity contribution in [3.05, 3.63) is 47.4 Å². The van der Waals surface area contributed by atoms with Gasteiger partial charge in [0.1, 0.15) is 7.05 Å². The molecule has 0 fully saturated rings. The minimum atomic E-state index is 0.558. The van der Waals surface area contributed by atoms with Crippen LogP contribution in [0.2, 0.25) is 0 Å². The summed E-state index contributed by atoms with van der Waals surface area (Å²) in [5, 5.41) is 0. The van der Waals surface area contributed by atoms with Crippen LogP contribution in [0.5, 0.6) is 0 Å². The standard InChI is InChI=1S/C16H21N2/c1-11(2)14-6-7-16(18(5)10-14)15-9-17-13(4)8-12(15)3/h6-11H,1-5H3/q+1. The van der Waals surface area contributed by atoms with Crippen LogP contribution < -0.4 is 4.57 Å². The van der Waals surface area contributed by atoms with E-state index >= 15 is 0 Å². The summed E-state index contributed by atoms with van der Waals surface area (Å²) in [7, 11) is 2.10. The highest BCUT2D eigenvalue weighted by atomic mass is 14.9. The summed E-state index contributed by atoms with van der Waals surface area (Å²) in [6.45, 7) is 8.60. The van der Waals surface area contributed by atoms with Gasteiger partial charge in [0.25, 0.3) is 0 Å². The summed E-state index contributed by atoms with van der Waals surface area (Å²) in [5.41, 5.74) is 6.12. The Kier molecular flexibility index (Phi) is 3.46. The van der Waals surface area contributed by atoms with Crippen LogP contribution in [0, 0.1) is 13.8 Å². The monoisotopic (exact) mass is 241 g/mol. The third-order valence-electron chi connectivity index (χ3n) is 3.35. The number of aryl methyl sites for hydroxylation is 3. The van der Waals surface area contributed by atoms with Crippen molar-refractivity contribution in [3.63, 3.8) is 0 Å². The van der Waals surface area contributed by atoms with Crippen molar-refractivity contribution >= 4 is 0 Å². The van der Waals surface area contributed by atoms with Crippen molar-refractivity contribution in [2.75, 3.05) is 0 Å². The molecule has 0 aromatic carbocycles. The summed E-state index contributed by atoms with van der Waals surface area (Å²) in [5.74, 6) is 0.558. The third kappa shape index (κ3) is 2.42. The summed E-state index contributed by atoms with van der Waals surface area (Å²) in [6, 6.07) is 6.53. The molecule has 0 spiro atoms. The lowest BCUT2D eigenvalue weighted by Gasteiger charge is -2.07. The van der Waals surface area contributed by atoms with Gasteiger partial charge in [-0.15, -0.1) is 0 Å². The van der Waals surface area contributed by atoms with E-state index in [4.69, 9.17) is 0 Å². The highest BCUT2D eigenvalue weighted by molar-refractivity contribution is 5.59. The SMILES string of the molecule is Cc1cc(C)c(-c2ccc(C(C)C)c[n+]2C)cn1. The second-order valence-electron chi connectivity index (χ2n) is 5.25. The van der Waals surface area contributed by atoms with Crippen LogP contribution in [-0.4, -0.2) is 4.98 Å². The van der Waals surface area contributed by atoms with E-state index in [1.807, 2.05) is 13.1 Å². The Labute approximate surface area is 109 Å². The van der Waals surface area contributed by atoms with Crippen molar-refractivity contribution in [1.29, 1.82) is 0 Å². The average molecular weight is 241 g/mol. The van der Waals surface area contributed by atoms with Gasteiger partial charge in [0.05, 0.1) is 5.56 Å². The normalized spacial score (nSPS) is 11.0. The molecule has 0 saturated heterocycles. The van der Waals surface area contributed by atoms with Crippen LogP contribution in [0.25, 0.3) is 11.3 Å². The minimum absolute atomic E-state index is 0.558. The largest absolute Gasteiger partial charge is 0.261 e. The lowest BCUT2D eigenvalue weighted by Crippen LogP contribution is -2.31. The maximum absolute atomic E-state index is 4.40. The number of hydrogen-bond acceptors (Lipinski definition) is 1. The van der Waals surface area contributed by atoms with E-state index in [1.54, 1.807) is 0 Å². The summed E-state index contributed by atoms with van der Waals surface area (Å²) in [6.07, 6.45) is 4.17. The zero-order valence-corrected chi connectivity index (χ0v) is 11.9. The molecule has 0 aliphatic heterocycles. The Bertz CT molecular complexity index is 571. The van der Waals surface area contributed by atoms with Gasteiger partial charge in [0.15, 0.2) is 6.20 Å². The predicted octanol–water partition coefficient (Wildman–Crippen LogP) is 3.31. The van der Waals surface area contributed by atoms with Crippen LogP contribution in [0.3, 0.4) is 0 Å². The Morgan fingerprint density at radius 2 is 1.89 bits per heavy atom. The van der Waals surface area contributed by atoms with E-state index in [0.717, 1.165) is 5.69 Å². The second kappa shape index (κ2) is 4.89. The van der Waals surface area contributed by atoms with E-state index in [1.165, 1.54) is 22.4 Å². The number of hydrogen-bond donors (Lipinski definition) is 0. The lowest BCUT2D eigenvalue weighted by atomic mass is 10.0. The molecule has 0 radical (unpaired) electrons. The number of nitrogens with zero attached hydrogens (tertiary/aromatic N) is 2. The first-order valence-corrected chi connectivity index (χ1v) is 6.42. The molecule has 0 N–H and O–H groups in total. The molecule has 0 bridgehead atoms. The molecule has 0 amide bonds. The van der Waals surface area contributed by atoms with Crippen LogP contribution >= 0.6 is 0 Å². The van der Waals surface area contributed by atoms with Crippen LogP contribution in [-0.2, 0) is 7.05 Å². The quantitative estimate of drug-likeness (QED) is 0.737. The third-order valence-corrected chi connectivity index (χ3v) is 3.35. The molecule has 0 aliphatic rings. The van der Waals surface area contributed by atoms with Crippen molar-refractivity contribution < 1.29 is 4.57 Å². The molecule has 0 saturated carbocycles. The molecule has 2 heterocycles. The smallest absolute Gasteiger partial charge is 0.214 e. The summed E-state index contributed by atoms with van der Waals surface area (Å²) < 4.78 is 2.19. The van der Waals surface area contributed by atoms with Crippen molar-refractivity contribution in [3.8, 4) is 11.3 Å². The van der Waals surface area contributed by atoms with Gasteiger partial charge in [-0.1, -0.05) is 13.8 Å². The van der Waals surface area contributed by atoms with E-state index in [2.05, 4.69) is 61.8 Å². The van der Waals surface area contributed by atoms with Gasteiger partial charge in [-0.25, -0.2) is 4.57 Å². The fraction of sp³-hybridized carbons (Fsp3) is 0.375. The van der Waals surface area contributed by atoms with Crippen molar-refractivity contribution in [2.45, 2.75) is 33.6 Å². The van der Waals surface area contributed by atoms with E-state index < -0.39 is 0 Å². The number of rotatable bonds is 2. The Hall–Kier alpha value is -1.70. The molecule has 2 heteroatoms. The van der Waals surface area contributed by atoms with Gasteiger partial charge < -0.3 is 0 Å². The molecular weight excluding hydrogens is 220 g/mol. The van der Waals surface area contributed by atoms with Gasteiger partial charge in [0.2, 0.25) is 5.69 Å².